The van der Waals surface area contributed by atoms with Crippen LogP contribution in [0.3, 0.4) is 0 Å². The molecule has 4 aromatic rings. The van der Waals surface area contributed by atoms with E-state index in [0.29, 0.717) is 11.5 Å². The fourth-order valence-electron chi connectivity index (χ4n) is 2.91. The molecule has 4 nitrogen and oxygen atoms in total. The summed E-state index contributed by atoms with van der Waals surface area (Å²) in [5.74, 6) is 0.0870. The Kier molecular flexibility index (Phi) is 3.61. The van der Waals surface area contributed by atoms with Crippen molar-refractivity contribution in [2.45, 2.75) is 6.92 Å². The van der Waals surface area contributed by atoms with E-state index in [1.54, 1.807) is 30.5 Å². The molecule has 0 amide bonds. The van der Waals surface area contributed by atoms with E-state index in [0.717, 1.165) is 22.5 Å². The van der Waals surface area contributed by atoms with Gasteiger partial charge in [-0.25, -0.2) is 4.39 Å². The molecular weight excluding hydrogens is 319 g/mol. The number of furan rings is 1. The van der Waals surface area contributed by atoms with Crippen molar-refractivity contribution in [3.05, 3.63) is 84.0 Å². The van der Waals surface area contributed by atoms with E-state index in [1.807, 2.05) is 29.5 Å². The molecule has 0 spiro atoms. The zero-order valence-electron chi connectivity index (χ0n) is 13.5. The monoisotopic (exact) mass is 334 g/mol. The van der Waals surface area contributed by atoms with Gasteiger partial charge in [0.05, 0.1) is 23.2 Å². The Morgan fingerprint density at radius 3 is 2.84 bits per heavy atom. The Morgan fingerprint density at radius 2 is 2.08 bits per heavy atom. The van der Waals surface area contributed by atoms with E-state index in [4.69, 9.17) is 4.42 Å². The summed E-state index contributed by atoms with van der Waals surface area (Å²) in [6, 6.07) is 13.7. The Labute approximate surface area is 143 Å². The van der Waals surface area contributed by atoms with Gasteiger partial charge in [0.15, 0.2) is 11.5 Å². The molecule has 0 radical (unpaired) electrons. The lowest BCUT2D eigenvalue weighted by molar-refractivity contribution is 0.462. The van der Waals surface area contributed by atoms with E-state index in [1.165, 1.54) is 18.4 Å². The van der Waals surface area contributed by atoms with Gasteiger partial charge in [0.25, 0.3) is 0 Å². The topological polar surface area (TPSA) is 50.7 Å². The van der Waals surface area contributed by atoms with Crippen molar-refractivity contribution in [3.63, 3.8) is 0 Å². The quantitative estimate of drug-likeness (QED) is 0.530. The maximum Gasteiger partial charge on any atom is 0.168 e. The molecule has 25 heavy (non-hydrogen) atoms. The second kappa shape index (κ2) is 5.94. The molecule has 5 heteroatoms. The summed E-state index contributed by atoms with van der Waals surface area (Å²) < 4.78 is 20.8. The number of fused-ring (bicyclic) bond motifs is 1. The van der Waals surface area contributed by atoms with Crippen LogP contribution in [-0.2, 0) is 0 Å². The molecule has 4 rings (SSSR count). The van der Waals surface area contributed by atoms with E-state index in [9.17, 15) is 9.50 Å². The van der Waals surface area contributed by atoms with Crippen molar-refractivity contribution in [2.75, 3.05) is 0 Å². The smallest absolute Gasteiger partial charge is 0.168 e. The zero-order chi connectivity index (χ0) is 17.4. The van der Waals surface area contributed by atoms with Crippen molar-refractivity contribution >= 4 is 17.4 Å². The number of aliphatic hydroxyl groups is 1. The fourth-order valence-corrected chi connectivity index (χ4v) is 2.91. The summed E-state index contributed by atoms with van der Waals surface area (Å²) in [5.41, 5.74) is 3.97. The molecule has 1 N–H and O–H groups in total. The van der Waals surface area contributed by atoms with Gasteiger partial charge in [0, 0.05) is 23.5 Å². The molecule has 0 saturated carbocycles. The first kappa shape index (κ1) is 15.2. The fraction of sp³-hybridized carbons (Fsp3) is 0.0500. The first-order valence-corrected chi connectivity index (χ1v) is 7.81. The molecule has 124 valence electrons. The normalized spacial score (nSPS) is 12.0. The lowest BCUT2D eigenvalue weighted by atomic mass is 10.1. The number of hydrogen-bond donors (Lipinski definition) is 1. The van der Waals surface area contributed by atoms with Gasteiger partial charge in [0.2, 0.25) is 0 Å². The summed E-state index contributed by atoms with van der Waals surface area (Å²) in [4.78, 5) is 4.41. The number of aryl methyl sites for hydroxylation is 1. The molecule has 0 aliphatic carbocycles. The highest BCUT2D eigenvalue weighted by Gasteiger charge is 2.12. The number of hydrogen-bond acceptors (Lipinski definition) is 3. The summed E-state index contributed by atoms with van der Waals surface area (Å²) in [5, 5.41) is 10.2. The van der Waals surface area contributed by atoms with Crippen LogP contribution in [0.1, 0.15) is 17.1 Å². The van der Waals surface area contributed by atoms with Gasteiger partial charge in [-0.2, -0.15) is 0 Å². The van der Waals surface area contributed by atoms with Crippen molar-refractivity contribution in [3.8, 4) is 11.3 Å². The van der Waals surface area contributed by atoms with Crippen LogP contribution in [0.2, 0.25) is 0 Å². The van der Waals surface area contributed by atoms with Crippen LogP contribution in [0.15, 0.2) is 65.4 Å². The van der Waals surface area contributed by atoms with Crippen molar-refractivity contribution in [2.24, 2.45) is 0 Å². The highest BCUT2D eigenvalue weighted by molar-refractivity contribution is 5.81. The molecular formula is C20H15FN2O2. The molecule has 3 heterocycles. The standard InChI is InChI=1S/C20H15FN2O2/c1-13-12-22-16(11-19(24)20-6-3-9-25-20)18-8-7-17(23(13)18)14-4-2-5-15(21)10-14/h2-12,24H,1H3/b19-11-. The molecule has 0 unspecified atom stereocenters. The predicted molar refractivity (Wildman–Crippen MR) is 94.5 cm³/mol. The van der Waals surface area contributed by atoms with Crippen LogP contribution < -0.4 is 0 Å². The minimum atomic E-state index is -0.283. The minimum Gasteiger partial charge on any atom is -0.504 e. The van der Waals surface area contributed by atoms with E-state index in [-0.39, 0.29) is 11.6 Å². The van der Waals surface area contributed by atoms with Gasteiger partial charge < -0.3 is 13.9 Å². The lowest BCUT2D eigenvalue weighted by Gasteiger charge is -2.09. The number of aromatic nitrogens is 2. The zero-order valence-corrected chi connectivity index (χ0v) is 13.5. The predicted octanol–water partition coefficient (Wildman–Crippen LogP) is 5.10. The Morgan fingerprint density at radius 1 is 1.20 bits per heavy atom. The van der Waals surface area contributed by atoms with Crippen LogP contribution >= 0.6 is 0 Å². The minimum absolute atomic E-state index is 0.00300. The van der Waals surface area contributed by atoms with Gasteiger partial charge in [-0.05, 0) is 43.3 Å². The SMILES string of the molecule is Cc1cnc(/C=C(\O)c2ccco2)c2ccc(-c3cccc(F)c3)n12. The van der Waals surface area contributed by atoms with Crippen molar-refractivity contribution in [1.82, 2.24) is 9.38 Å². The first-order chi connectivity index (χ1) is 12.1. The average molecular weight is 334 g/mol. The Bertz CT molecular complexity index is 1080. The van der Waals surface area contributed by atoms with E-state index in [2.05, 4.69) is 4.98 Å². The van der Waals surface area contributed by atoms with Crippen LogP contribution in [0, 0.1) is 12.7 Å². The molecule has 3 aromatic heterocycles. The van der Waals surface area contributed by atoms with Gasteiger partial charge in [-0.3, -0.25) is 4.98 Å². The van der Waals surface area contributed by atoms with E-state index >= 15 is 0 Å². The second-order valence-corrected chi connectivity index (χ2v) is 5.74. The third-order valence-corrected chi connectivity index (χ3v) is 4.05. The second-order valence-electron chi connectivity index (χ2n) is 5.74. The Balaban J connectivity index is 1.89. The summed E-state index contributed by atoms with van der Waals surface area (Å²) >= 11 is 0. The third kappa shape index (κ3) is 2.70. The van der Waals surface area contributed by atoms with Crippen molar-refractivity contribution in [1.29, 1.82) is 0 Å². The molecule has 0 atom stereocenters. The Hall–Kier alpha value is -3.34. The van der Waals surface area contributed by atoms with Gasteiger partial charge in [-0.1, -0.05) is 12.1 Å². The number of rotatable bonds is 3. The highest BCUT2D eigenvalue weighted by Crippen LogP contribution is 2.27. The molecule has 0 saturated heterocycles. The average Bonchev–Trinajstić information content (AvgIpc) is 3.27. The van der Waals surface area contributed by atoms with Crippen LogP contribution in [-0.4, -0.2) is 14.5 Å². The van der Waals surface area contributed by atoms with Gasteiger partial charge in [0.1, 0.15) is 5.82 Å². The summed E-state index contributed by atoms with van der Waals surface area (Å²) in [7, 11) is 0. The largest absolute Gasteiger partial charge is 0.504 e. The maximum absolute atomic E-state index is 13.6. The van der Waals surface area contributed by atoms with Crippen LogP contribution in [0.4, 0.5) is 4.39 Å². The molecule has 0 fully saturated rings. The van der Waals surface area contributed by atoms with Crippen LogP contribution in [0.5, 0.6) is 0 Å². The lowest BCUT2D eigenvalue weighted by Crippen LogP contribution is -1.98. The van der Waals surface area contributed by atoms with Crippen LogP contribution in [0.25, 0.3) is 28.6 Å². The number of aliphatic hydroxyl groups excluding tert-OH is 1. The third-order valence-electron chi connectivity index (χ3n) is 4.05. The van der Waals surface area contributed by atoms with Gasteiger partial charge >= 0.3 is 0 Å². The molecule has 0 bridgehead atoms. The van der Waals surface area contributed by atoms with E-state index < -0.39 is 0 Å². The first-order valence-electron chi connectivity index (χ1n) is 7.81. The molecule has 0 aliphatic heterocycles. The number of halogens is 1. The summed E-state index contributed by atoms with van der Waals surface area (Å²) in [6.45, 7) is 1.93. The van der Waals surface area contributed by atoms with Crippen molar-refractivity contribution < 1.29 is 13.9 Å². The summed E-state index contributed by atoms with van der Waals surface area (Å²) in [6.07, 6.45) is 4.77. The molecule has 1 aromatic carbocycles. The highest BCUT2D eigenvalue weighted by atomic mass is 19.1. The molecule has 0 aliphatic rings. The maximum atomic E-state index is 13.6. The van der Waals surface area contributed by atoms with Gasteiger partial charge in [-0.15, -0.1) is 0 Å². The number of benzene rings is 1. The number of nitrogens with zero attached hydrogens (tertiary/aromatic N) is 2.